The average molecular weight is 1120 g/mol. The predicted octanol–water partition coefficient (Wildman–Crippen LogP) is 12.6. The molecule has 5 aromatic rings. The number of ketones is 2. The number of anilines is 4. The Morgan fingerprint density at radius 1 is 0.806 bits per heavy atom. The molecule has 2 saturated carbocycles. The number of hydrogen-bond donors (Lipinski definition) is 4. The minimum atomic E-state index is -0.0728. The van der Waals surface area contributed by atoms with Gasteiger partial charge in [0.2, 0.25) is 5.78 Å². The maximum absolute atomic E-state index is 13.0. The van der Waals surface area contributed by atoms with Crippen LogP contribution in [0.25, 0.3) is 0 Å². The fraction of sp³-hybridized carbons (Fsp3) is 0.436. The zero-order valence-electron chi connectivity index (χ0n) is 41.2. The highest BCUT2D eigenvalue weighted by Gasteiger charge is 2.26. The fourth-order valence-corrected chi connectivity index (χ4v) is 10.2. The minimum Gasteiger partial charge on any atom is -0.492 e. The molecule has 0 radical (unpaired) electrons. The number of aromatic nitrogens is 1. The van der Waals surface area contributed by atoms with Gasteiger partial charge in [0.05, 0.1) is 5.33 Å². The highest BCUT2D eigenvalue weighted by molar-refractivity contribution is 9.09. The van der Waals surface area contributed by atoms with E-state index in [-0.39, 0.29) is 34.7 Å². The van der Waals surface area contributed by atoms with Crippen molar-refractivity contribution in [1.29, 1.82) is 0 Å². The number of thioether (sulfide) groups is 1. The topological polar surface area (TPSA) is 160 Å². The number of aliphatic imine (C=N–C) groups is 1. The molecular formula is C55H74BrN8O4PS3. The second kappa shape index (κ2) is 29.5. The number of ether oxygens (including phenoxy) is 2. The van der Waals surface area contributed by atoms with Crippen LogP contribution in [0, 0.1) is 0 Å². The molecule has 4 aromatic carbocycles. The number of nitrogens with two attached hydrogens (primary N) is 2. The van der Waals surface area contributed by atoms with E-state index < -0.39 is 0 Å². The van der Waals surface area contributed by atoms with Gasteiger partial charge in [0, 0.05) is 34.6 Å². The molecular weight excluding hydrogens is 1040 g/mol. The van der Waals surface area contributed by atoms with Gasteiger partial charge in [-0.3, -0.25) is 19.4 Å². The maximum Gasteiger partial charge on any atom is 0.206 e. The van der Waals surface area contributed by atoms with Crippen LogP contribution in [-0.4, -0.2) is 99.2 Å². The quantitative estimate of drug-likeness (QED) is 0.0164. The van der Waals surface area contributed by atoms with Crippen LogP contribution in [-0.2, 0) is 0 Å². The molecule has 3 heterocycles. The number of benzene rings is 4. The first-order valence-electron chi connectivity index (χ1n) is 24.5. The predicted molar refractivity (Wildman–Crippen MR) is 316 cm³/mol. The van der Waals surface area contributed by atoms with E-state index in [1.54, 1.807) is 0 Å². The fourth-order valence-electron chi connectivity index (χ4n) is 8.32. The Labute approximate surface area is 453 Å². The zero-order chi connectivity index (χ0) is 49.4. The van der Waals surface area contributed by atoms with Gasteiger partial charge in [-0.05, 0) is 193 Å². The molecule has 6 N–H and O–H groups in total. The minimum absolute atomic E-state index is 0. The lowest BCUT2D eigenvalue weighted by Crippen LogP contribution is -2.34. The summed E-state index contributed by atoms with van der Waals surface area (Å²) in [5.74, 6) is 4.27. The number of rotatable bonds is 18. The molecule has 72 heavy (non-hydrogen) atoms. The Morgan fingerprint density at radius 2 is 1.29 bits per heavy atom. The molecule has 0 spiro atoms. The number of carbonyl (C=O) groups excluding carboxylic acids is 2. The number of carbonyl (C=O) groups is 2. The van der Waals surface area contributed by atoms with Crippen LogP contribution < -0.4 is 31.6 Å². The number of thiazole rings is 1. The van der Waals surface area contributed by atoms with Crippen molar-refractivity contribution in [2.75, 3.05) is 66.8 Å². The summed E-state index contributed by atoms with van der Waals surface area (Å²) in [7, 11) is 0. The molecule has 0 amide bonds. The van der Waals surface area contributed by atoms with Gasteiger partial charge in [0.1, 0.15) is 35.4 Å². The van der Waals surface area contributed by atoms with Crippen molar-refractivity contribution in [3.63, 3.8) is 0 Å². The van der Waals surface area contributed by atoms with Crippen molar-refractivity contribution in [2.45, 2.75) is 103 Å². The number of hydrogen-bond acceptors (Lipinski definition) is 12. The molecule has 17 heteroatoms. The summed E-state index contributed by atoms with van der Waals surface area (Å²) in [5, 5.41) is 8.18. The Morgan fingerprint density at radius 3 is 1.78 bits per heavy atom. The van der Waals surface area contributed by atoms with E-state index >= 15 is 0 Å². The second-order valence-electron chi connectivity index (χ2n) is 18.2. The summed E-state index contributed by atoms with van der Waals surface area (Å²) in [6.07, 6.45) is 10.1. The molecule has 2 aliphatic carbocycles. The molecule has 3 atom stereocenters. The van der Waals surface area contributed by atoms with Gasteiger partial charge >= 0.3 is 0 Å². The number of amidine groups is 1. The smallest absolute Gasteiger partial charge is 0.206 e. The first kappa shape index (κ1) is 58.5. The number of nitrogens with one attached hydrogen (secondary N) is 2. The van der Waals surface area contributed by atoms with E-state index in [0.717, 1.165) is 40.1 Å². The maximum atomic E-state index is 13.0. The first-order valence-corrected chi connectivity index (χ1v) is 27.9. The highest BCUT2D eigenvalue weighted by Crippen LogP contribution is 2.41. The molecule has 4 aliphatic rings. The second-order valence-corrected chi connectivity index (χ2v) is 21.4. The van der Waals surface area contributed by atoms with Gasteiger partial charge in [-0.1, -0.05) is 89.8 Å². The van der Waals surface area contributed by atoms with Crippen molar-refractivity contribution in [3.05, 3.63) is 124 Å². The molecule has 2 saturated heterocycles. The summed E-state index contributed by atoms with van der Waals surface area (Å²) in [5.41, 5.74) is 17.7. The largest absolute Gasteiger partial charge is 0.492 e. The van der Waals surface area contributed by atoms with Gasteiger partial charge in [-0.2, -0.15) is 14.9 Å². The lowest BCUT2D eigenvalue weighted by molar-refractivity contribution is 0.102. The average Bonchev–Trinajstić information content (AvgIpc) is 4.25. The molecule has 4 fully saturated rings. The molecule has 0 bridgehead atoms. The third-order valence-electron chi connectivity index (χ3n) is 12.7. The monoisotopic (exact) mass is 1120 g/mol. The SMILES string of the molecule is C.CCSC(N)=NC(=S)Nc1ccc(OC[C@@H](C)N2CCCC2)cc1.C[C@H](COc1ccc(Nc2nc(N)c(C(=O)c3cccc(C4CC4)c3)s2)cc1)N1CCCC1.O=C(CBr)c1cccc(C2CC2)c1.P. The van der Waals surface area contributed by atoms with Crippen molar-refractivity contribution in [1.82, 2.24) is 14.8 Å². The number of nitrogen functional groups attached to an aromatic ring is 1. The Kier molecular flexibility index (Phi) is 23.9. The number of likely N-dealkylation sites (tertiary alicyclic amines) is 2. The normalized spacial score (nSPS) is 16.3. The number of nitrogens with zero attached hydrogens (tertiary/aromatic N) is 4. The third kappa shape index (κ3) is 18.2. The molecule has 2 aliphatic heterocycles. The summed E-state index contributed by atoms with van der Waals surface area (Å²) in [6, 6.07) is 32.3. The van der Waals surface area contributed by atoms with Crippen LogP contribution in [0.15, 0.2) is 102 Å². The van der Waals surface area contributed by atoms with Crippen LogP contribution in [0.1, 0.15) is 128 Å². The van der Waals surface area contributed by atoms with Crippen LogP contribution in [0.3, 0.4) is 0 Å². The lowest BCUT2D eigenvalue weighted by Gasteiger charge is -2.23. The number of halogens is 1. The van der Waals surface area contributed by atoms with E-state index in [9.17, 15) is 9.59 Å². The van der Waals surface area contributed by atoms with Crippen molar-refractivity contribution < 1.29 is 19.1 Å². The lowest BCUT2D eigenvalue weighted by atomic mass is 10.0. The van der Waals surface area contributed by atoms with Gasteiger partial charge in [0.15, 0.2) is 21.2 Å². The van der Waals surface area contributed by atoms with Crippen molar-refractivity contribution >= 4 is 105 Å². The van der Waals surface area contributed by atoms with Gasteiger partial charge in [-0.15, -0.1) is 0 Å². The van der Waals surface area contributed by atoms with E-state index in [0.29, 0.717) is 62.4 Å². The molecule has 9 rings (SSSR count). The van der Waals surface area contributed by atoms with Gasteiger partial charge < -0.3 is 31.6 Å². The summed E-state index contributed by atoms with van der Waals surface area (Å²) >= 11 is 11.1. The summed E-state index contributed by atoms with van der Waals surface area (Å²) in [4.78, 5) is 38.3. The highest BCUT2D eigenvalue weighted by atomic mass is 79.9. The van der Waals surface area contributed by atoms with E-state index in [2.05, 4.69) is 72.3 Å². The van der Waals surface area contributed by atoms with Crippen molar-refractivity contribution in [2.24, 2.45) is 10.7 Å². The van der Waals surface area contributed by atoms with E-state index in [4.69, 9.17) is 33.2 Å². The van der Waals surface area contributed by atoms with Crippen LogP contribution in [0.4, 0.5) is 22.3 Å². The van der Waals surface area contributed by atoms with Crippen LogP contribution in [0.5, 0.6) is 11.5 Å². The van der Waals surface area contributed by atoms with Crippen molar-refractivity contribution in [3.8, 4) is 11.5 Å². The van der Waals surface area contributed by atoms with Gasteiger partial charge in [-0.25, -0.2) is 4.98 Å². The van der Waals surface area contributed by atoms with E-state index in [1.165, 1.54) is 112 Å². The molecule has 1 aromatic heterocycles. The number of alkyl halides is 1. The number of thiocarbonyl (C=S) groups is 1. The molecule has 1 unspecified atom stereocenters. The number of Topliss-reactive ketones (excluding diaryl/α,β-unsaturated/α-hetero) is 1. The Balaban J connectivity index is 0.000000216. The van der Waals surface area contributed by atoms with Crippen LogP contribution in [0.2, 0.25) is 0 Å². The summed E-state index contributed by atoms with van der Waals surface area (Å²) in [6.45, 7) is 12.6. The van der Waals surface area contributed by atoms with Crippen LogP contribution >= 0.6 is 61.1 Å². The Bertz CT molecular complexity index is 2530. The first-order chi connectivity index (χ1) is 34.0. The summed E-state index contributed by atoms with van der Waals surface area (Å²) < 4.78 is 11.9. The zero-order valence-corrected chi connectivity index (χ0v) is 46.7. The standard InChI is InChI=1S/C26H30N4O2S.C17H26N4OS2.C11H11BrO.CH4.H3P/c1-17(30-13-2-3-14-30)16-32-22-11-9-21(10-12-22)28-26-29-25(27)24(33-26)23(31)20-6-4-5-19(15-20)18-7-8-18;1-3-24-16(18)20-17(23)19-14-6-8-15(9-7-14)22-12-13(2)21-10-4-5-11-21;12-7-11(13)10-3-1-2-9(6-10)8-4-5-8;;/h4-6,9-12,15,17-18H,2-3,7-8,13-14,16,27H2,1H3,(H,28,29);6-9,13H,3-5,10-12H2,1-2H3,(H3,18,19,20,23);1-3,6,8H,4-5,7H2;1H4;1H3/t17-;13-;;;/m11.../s1. The van der Waals surface area contributed by atoms with Gasteiger partial charge in [0.25, 0.3) is 0 Å². The molecule has 12 nitrogen and oxygen atoms in total. The van der Waals surface area contributed by atoms with E-state index in [1.807, 2.05) is 91.9 Å². The third-order valence-corrected chi connectivity index (χ3v) is 15.0. The Hall–Kier alpha value is -4.41. The molecule has 388 valence electrons.